The Hall–Kier alpha value is -2.82. The molecule has 0 bridgehead atoms. The number of fused-ring (bicyclic) bond motifs is 1. The fourth-order valence-corrected chi connectivity index (χ4v) is 2.40. The van der Waals surface area contributed by atoms with Crippen molar-refractivity contribution < 1.29 is 14.7 Å². The molecule has 0 fully saturated rings. The molecule has 0 aliphatic carbocycles. The molecule has 106 valence electrons. The van der Waals surface area contributed by atoms with E-state index in [1.165, 1.54) is 6.07 Å². The van der Waals surface area contributed by atoms with E-state index in [-0.39, 0.29) is 16.9 Å². The standard InChI is InChI=1S/C16H14N2O3/c1-17(2)10-6-8-11(9-7-10)18-15(20)12-4-3-5-13(19)14(12)16(18)21/h3-9,19H,1-2H3. The van der Waals surface area contributed by atoms with E-state index >= 15 is 0 Å². The normalized spacial score (nSPS) is 13.5. The van der Waals surface area contributed by atoms with E-state index in [9.17, 15) is 14.7 Å². The number of phenols is 1. The summed E-state index contributed by atoms with van der Waals surface area (Å²) in [6, 6.07) is 11.6. The number of rotatable bonds is 2. The molecular weight excluding hydrogens is 268 g/mol. The lowest BCUT2D eigenvalue weighted by atomic mass is 10.1. The maximum atomic E-state index is 12.4. The van der Waals surface area contributed by atoms with Crippen LogP contribution in [0.1, 0.15) is 20.7 Å². The zero-order valence-corrected chi connectivity index (χ0v) is 11.7. The van der Waals surface area contributed by atoms with Crippen LogP contribution < -0.4 is 9.80 Å². The van der Waals surface area contributed by atoms with Crippen LogP contribution >= 0.6 is 0 Å². The number of carbonyl (C=O) groups is 2. The molecule has 2 aromatic carbocycles. The molecule has 3 rings (SSSR count). The summed E-state index contributed by atoms with van der Waals surface area (Å²) in [5, 5.41) is 9.79. The molecule has 1 aliphatic rings. The van der Waals surface area contributed by atoms with Gasteiger partial charge in [0.1, 0.15) is 5.75 Å². The lowest BCUT2D eigenvalue weighted by Gasteiger charge is -2.17. The molecule has 0 radical (unpaired) electrons. The zero-order chi connectivity index (χ0) is 15.1. The van der Waals surface area contributed by atoms with Crippen LogP contribution in [0.15, 0.2) is 42.5 Å². The number of hydrogen-bond donors (Lipinski definition) is 1. The van der Waals surface area contributed by atoms with Gasteiger partial charge in [0.25, 0.3) is 11.8 Å². The van der Waals surface area contributed by atoms with Crippen LogP contribution in [0.25, 0.3) is 0 Å². The smallest absolute Gasteiger partial charge is 0.269 e. The summed E-state index contributed by atoms with van der Waals surface area (Å²) in [6.45, 7) is 0. The van der Waals surface area contributed by atoms with Gasteiger partial charge in [-0.05, 0) is 36.4 Å². The van der Waals surface area contributed by atoms with E-state index in [4.69, 9.17) is 0 Å². The summed E-state index contributed by atoms with van der Waals surface area (Å²) < 4.78 is 0. The molecule has 0 saturated heterocycles. The minimum Gasteiger partial charge on any atom is -0.507 e. The predicted molar refractivity (Wildman–Crippen MR) is 80.0 cm³/mol. The molecule has 0 atom stereocenters. The molecule has 2 aromatic rings. The zero-order valence-electron chi connectivity index (χ0n) is 11.7. The third-order valence-electron chi connectivity index (χ3n) is 3.52. The van der Waals surface area contributed by atoms with Crippen molar-refractivity contribution >= 4 is 23.2 Å². The number of imide groups is 1. The van der Waals surface area contributed by atoms with Gasteiger partial charge in [0.15, 0.2) is 0 Å². The van der Waals surface area contributed by atoms with Gasteiger partial charge in [0, 0.05) is 19.8 Å². The summed E-state index contributed by atoms with van der Waals surface area (Å²) in [5.41, 5.74) is 1.76. The average Bonchev–Trinajstić information content (AvgIpc) is 2.72. The van der Waals surface area contributed by atoms with Crippen LogP contribution in [0.2, 0.25) is 0 Å². The fraction of sp³-hybridized carbons (Fsp3) is 0.125. The van der Waals surface area contributed by atoms with Crippen LogP contribution in [-0.2, 0) is 0 Å². The van der Waals surface area contributed by atoms with Crippen molar-refractivity contribution in [2.24, 2.45) is 0 Å². The Morgan fingerprint density at radius 1 is 0.952 bits per heavy atom. The van der Waals surface area contributed by atoms with Crippen LogP contribution in [0.3, 0.4) is 0 Å². The molecule has 0 aromatic heterocycles. The van der Waals surface area contributed by atoms with Gasteiger partial charge in [0.05, 0.1) is 16.8 Å². The van der Waals surface area contributed by atoms with E-state index in [1.54, 1.807) is 24.3 Å². The molecule has 2 amide bonds. The third kappa shape index (κ3) is 1.94. The SMILES string of the molecule is CN(C)c1ccc(N2C(=O)c3cccc(O)c3C2=O)cc1. The maximum absolute atomic E-state index is 12.4. The van der Waals surface area contributed by atoms with Gasteiger partial charge in [-0.1, -0.05) is 6.07 Å². The molecule has 21 heavy (non-hydrogen) atoms. The molecule has 0 spiro atoms. The largest absolute Gasteiger partial charge is 0.507 e. The molecule has 1 heterocycles. The molecule has 1 N–H and O–H groups in total. The summed E-state index contributed by atoms with van der Waals surface area (Å²) in [7, 11) is 3.82. The minimum atomic E-state index is -0.495. The number of hydrogen-bond acceptors (Lipinski definition) is 4. The second-order valence-corrected chi connectivity index (χ2v) is 5.06. The van der Waals surface area contributed by atoms with Gasteiger partial charge in [0.2, 0.25) is 0 Å². The minimum absolute atomic E-state index is 0.0687. The Kier molecular flexibility index (Phi) is 2.90. The monoisotopic (exact) mass is 282 g/mol. The molecule has 1 aliphatic heterocycles. The quantitative estimate of drug-likeness (QED) is 0.858. The highest BCUT2D eigenvalue weighted by Crippen LogP contribution is 2.33. The first kappa shape index (κ1) is 13.2. The van der Waals surface area contributed by atoms with Gasteiger partial charge < -0.3 is 10.0 Å². The van der Waals surface area contributed by atoms with E-state index < -0.39 is 11.8 Å². The van der Waals surface area contributed by atoms with E-state index in [1.807, 2.05) is 31.1 Å². The van der Waals surface area contributed by atoms with Gasteiger partial charge in [-0.25, -0.2) is 4.90 Å². The predicted octanol–water partition coefficient (Wildman–Crippen LogP) is 2.26. The summed E-state index contributed by atoms with van der Waals surface area (Å²) in [4.78, 5) is 27.8. The molecular formula is C16H14N2O3. The number of anilines is 2. The van der Waals surface area contributed by atoms with Crippen LogP contribution in [-0.4, -0.2) is 31.0 Å². The Morgan fingerprint density at radius 2 is 1.62 bits per heavy atom. The van der Waals surface area contributed by atoms with Crippen molar-refractivity contribution in [3.05, 3.63) is 53.6 Å². The Labute approximate surface area is 122 Å². The molecule has 0 unspecified atom stereocenters. The van der Waals surface area contributed by atoms with Crippen molar-refractivity contribution in [1.82, 2.24) is 0 Å². The Morgan fingerprint density at radius 3 is 2.19 bits per heavy atom. The second kappa shape index (κ2) is 4.63. The number of amides is 2. The summed E-state index contributed by atoms with van der Waals surface area (Å²) in [5.74, 6) is -1.08. The number of benzene rings is 2. The lowest BCUT2D eigenvalue weighted by Crippen LogP contribution is -2.29. The number of carbonyl (C=O) groups excluding carboxylic acids is 2. The van der Waals surface area contributed by atoms with Crippen LogP contribution in [0, 0.1) is 0 Å². The lowest BCUT2D eigenvalue weighted by molar-refractivity contribution is 0.0925. The van der Waals surface area contributed by atoms with Crippen molar-refractivity contribution in [2.45, 2.75) is 0 Å². The van der Waals surface area contributed by atoms with Gasteiger partial charge in [-0.3, -0.25) is 9.59 Å². The first-order valence-electron chi connectivity index (χ1n) is 6.49. The van der Waals surface area contributed by atoms with Crippen LogP contribution in [0.5, 0.6) is 5.75 Å². The van der Waals surface area contributed by atoms with E-state index in [0.29, 0.717) is 5.69 Å². The van der Waals surface area contributed by atoms with Gasteiger partial charge in [-0.2, -0.15) is 0 Å². The highest BCUT2D eigenvalue weighted by molar-refractivity contribution is 6.35. The van der Waals surface area contributed by atoms with Crippen molar-refractivity contribution in [1.29, 1.82) is 0 Å². The van der Waals surface area contributed by atoms with E-state index in [2.05, 4.69) is 0 Å². The van der Waals surface area contributed by atoms with Crippen LogP contribution in [0.4, 0.5) is 11.4 Å². The number of aromatic hydroxyl groups is 1. The Balaban J connectivity index is 2.04. The molecule has 5 heteroatoms. The first-order valence-corrected chi connectivity index (χ1v) is 6.49. The summed E-state index contributed by atoms with van der Waals surface area (Å²) >= 11 is 0. The number of nitrogens with zero attached hydrogens (tertiary/aromatic N) is 2. The van der Waals surface area contributed by atoms with Crippen molar-refractivity contribution in [3.63, 3.8) is 0 Å². The third-order valence-corrected chi connectivity index (χ3v) is 3.52. The van der Waals surface area contributed by atoms with Gasteiger partial charge >= 0.3 is 0 Å². The van der Waals surface area contributed by atoms with E-state index in [0.717, 1.165) is 10.6 Å². The second-order valence-electron chi connectivity index (χ2n) is 5.06. The highest BCUT2D eigenvalue weighted by atomic mass is 16.3. The fourth-order valence-electron chi connectivity index (χ4n) is 2.40. The average molecular weight is 282 g/mol. The maximum Gasteiger partial charge on any atom is 0.269 e. The Bertz CT molecular complexity index is 736. The topological polar surface area (TPSA) is 60.9 Å². The number of phenolic OH excluding ortho intramolecular Hbond substituents is 1. The highest BCUT2D eigenvalue weighted by Gasteiger charge is 2.38. The molecule has 0 saturated carbocycles. The van der Waals surface area contributed by atoms with Crippen molar-refractivity contribution in [2.75, 3.05) is 23.9 Å². The molecule has 5 nitrogen and oxygen atoms in total. The van der Waals surface area contributed by atoms with Gasteiger partial charge in [-0.15, -0.1) is 0 Å². The first-order chi connectivity index (χ1) is 10.0. The van der Waals surface area contributed by atoms with Crippen molar-refractivity contribution in [3.8, 4) is 5.75 Å². The summed E-state index contributed by atoms with van der Waals surface area (Å²) in [6.07, 6.45) is 0.